The van der Waals surface area contributed by atoms with Crippen molar-refractivity contribution in [3.05, 3.63) is 39.9 Å². The van der Waals surface area contributed by atoms with E-state index in [1.165, 1.54) is 0 Å². The van der Waals surface area contributed by atoms with E-state index in [1.54, 1.807) is 23.5 Å². The fourth-order valence-electron chi connectivity index (χ4n) is 2.75. The molecule has 4 nitrogen and oxygen atoms in total. The Hall–Kier alpha value is -2.58. The van der Waals surface area contributed by atoms with Gasteiger partial charge in [-0.15, -0.1) is 11.3 Å². The van der Waals surface area contributed by atoms with Crippen LogP contribution in [0.15, 0.2) is 18.2 Å². The van der Waals surface area contributed by atoms with Crippen LogP contribution in [0, 0.1) is 32.1 Å². The average Bonchev–Trinajstić information content (AvgIpc) is 2.85. The molecule has 1 aromatic heterocycles. The highest BCUT2D eigenvalue weighted by Crippen LogP contribution is 2.43. The lowest BCUT2D eigenvalue weighted by Gasteiger charge is -2.15. The number of nitrogens with zero attached hydrogens (tertiary/aromatic N) is 2. The molecule has 0 saturated heterocycles. The number of hydrogen-bond acceptors (Lipinski definition) is 5. The van der Waals surface area contributed by atoms with E-state index in [9.17, 15) is 10.4 Å². The second kappa shape index (κ2) is 5.00. The van der Waals surface area contributed by atoms with Crippen LogP contribution in [0.25, 0.3) is 21.3 Å². The quantitative estimate of drug-likeness (QED) is 0.664. The smallest absolute Gasteiger partial charge is 0.119 e. The lowest BCUT2D eigenvalue weighted by Crippen LogP contribution is -1.98. The zero-order valence-corrected chi connectivity index (χ0v) is 13.4. The van der Waals surface area contributed by atoms with Crippen LogP contribution in [0.3, 0.4) is 0 Å². The molecule has 22 heavy (non-hydrogen) atoms. The fraction of sp³-hybridized carbons (Fsp3) is 0.176. The molecule has 3 aromatic rings. The van der Waals surface area contributed by atoms with E-state index in [4.69, 9.17) is 5.73 Å². The molecule has 3 rings (SSSR count). The number of aromatic hydroxyl groups is 1. The zero-order valence-electron chi connectivity index (χ0n) is 12.6. The minimum Gasteiger partial charge on any atom is -0.508 e. The Morgan fingerprint density at radius 1 is 1.23 bits per heavy atom. The average molecular weight is 309 g/mol. The molecule has 0 unspecified atom stereocenters. The molecule has 0 aliphatic rings. The van der Waals surface area contributed by atoms with Gasteiger partial charge in [-0.25, -0.2) is 4.98 Å². The third-order valence-corrected chi connectivity index (χ3v) is 4.85. The van der Waals surface area contributed by atoms with Crippen molar-refractivity contribution in [3.63, 3.8) is 0 Å². The van der Waals surface area contributed by atoms with Gasteiger partial charge in [-0.2, -0.15) is 5.26 Å². The molecule has 5 heteroatoms. The Balaban J connectivity index is 2.53. The van der Waals surface area contributed by atoms with Crippen LogP contribution in [-0.4, -0.2) is 10.1 Å². The molecule has 0 fully saturated rings. The molecule has 0 atom stereocenters. The fourth-order valence-corrected chi connectivity index (χ4v) is 3.72. The van der Waals surface area contributed by atoms with Crippen LogP contribution in [0.5, 0.6) is 5.75 Å². The number of anilines is 1. The van der Waals surface area contributed by atoms with Gasteiger partial charge in [0.2, 0.25) is 0 Å². The van der Waals surface area contributed by atoms with E-state index < -0.39 is 0 Å². The number of aryl methyl sites for hydroxylation is 2. The van der Waals surface area contributed by atoms with Crippen LogP contribution in [0.1, 0.15) is 21.7 Å². The summed E-state index contributed by atoms with van der Waals surface area (Å²) in [7, 11) is 0. The maximum atomic E-state index is 10.1. The van der Waals surface area contributed by atoms with Gasteiger partial charge in [0.1, 0.15) is 11.8 Å². The van der Waals surface area contributed by atoms with Gasteiger partial charge in [-0.3, -0.25) is 0 Å². The van der Waals surface area contributed by atoms with Crippen LogP contribution in [0.2, 0.25) is 0 Å². The number of nitriles is 1. The Kier molecular flexibility index (Phi) is 3.27. The zero-order chi connectivity index (χ0) is 16.0. The largest absolute Gasteiger partial charge is 0.508 e. The topological polar surface area (TPSA) is 82.9 Å². The molecule has 0 spiro atoms. The first-order valence-corrected chi connectivity index (χ1v) is 7.65. The predicted octanol–water partition coefficient (Wildman–Crippen LogP) is 4.05. The highest BCUT2D eigenvalue weighted by Gasteiger charge is 2.20. The molecule has 0 saturated carbocycles. The summed E-state index contributed by atoms with van der Waals surface area (Å²) in [5.74, 6) is 0.219. The van der Waals surface area contributed by atoms with E-state index in [0.717, 1.165) is 37.5 Å². The highest BCUT2D eigenvalue weighted by molar-refractivity contribution is 7.19. The number of phenols is 1. The third kappa shape index (κ3) is 2.00. The number of nitrogen functional groups attached to an aromatic ring is 1. The van der Waals surface area contributed by atoms with Crippen LogP contribution in [-0.2, 0) is 0 Å². The van der Waals surface area contributed by atoms with Crippen molar-refractivity contribution in [1.29, 1.82) is 5.26 Å². The van der Waals surface area contributed by atoms with Crippen molar-refractivity contribution in [1.82, 2.24) is 4.98 Å². The van der Waals surface area contributed by atoms with E-state index in [2.05, 4.69) is 11.1 Å². The number of hydrogen-bond donors (Lipinski definition) is 2. The first kappa shape index (κ1) is 14.4. The van der Waals surface area contributed by atoms with Gasteiger partial charge in [0.15, 0.2) is 0 Å². The van der Waals surface area contributed by atoms with Gasteiger partial charge in [0.25, 0.3) is 0 Å². The summed E-state index contributed by atoms with van der Waals surface area (Å²) in [6, 6.07) is 7.40. The highest BCUT2D eigenvalue weighted by atomic mass is 32.1. The first-order chi connectivity index (χ1) is 10.4. The maximum absolute atomic E-state index is 10.1. The maximum Gasteiger partial charge on any atom is 0.119 e. The van der Waals surface area contributed by atoms with E-state index in [1.807, 2.05) is 26.8 Å². The van der Waals surface area contributed by atoms with Gasteiger partial charge in [-0.1, -0.05) is 6.07 Å². The Labute approximate surface area is 132 Å². The summed E-state index contributed by atoms with van der Waals surface area (Å²) in [6.45, 7) is 5.76. The second-order valence-electron chi connectivity index (χ2n) is 5.31. The number of nitrogens with two attached hydrogens (primary N) is 1. The molecule has 0 aliphatic carbocycles. The number of aromatic nitrogens is 1. The van der Waals surface area contributed by atoms with Crippen LogP contribution < -0.4 is 5.73 Å². The van der Waals surface area contributed by atoms with Crippen molar-refractivity contribution < 1.29 is 5.11 Å². The normalized spacial score (nSPS) is 10.8. The molecule has 2 aromatic carbocycles. The summed E-state index contributed by atoms with van der Waals surface area (Å²) in [4.78, 5) is 4.48. The van der Waals surface area contributed by atoms with Gasteiger partial charge in [-0.05, 0) is 49.6 Å². The van der Waals surface area contributed by atoms with E-state index >= 15 is 0 Å². The summed E-state index contributed by atoms with van der Waals surface area (Å²) < 4.78 is 0.950. The predicted molar refractivity (Wildman–Crippen MR) is 90.1 cm³/mol. The van der Waals surface area contributed by atoms with Gasteiger partial charge in [0.05, 0.1) is 26.5 Å². The first-order valence-electron chi connectivity index (χ1n) is 6.83. The molecule has 0 aliphatic heterocycles. The Morgan fingerprint density at radius 3 is 2.64 bits per heavy atom. The second-order valence-corrected chi connectivity index (χ2v) is 6.51. The van der Waals surface area contributed by atoms with Crippen molar-refractivity contribution in [2.45, 2.75) is 20.8 Å². The van der Waals surface area contributed by atoms with Crippen LogP contribution in [0.4, 0.5) is 5.69 Å². The summed E-state index contributed by atoms with van der Waals surface area (Å²) in [6.07, 6.45) is 0. The number of fused-ring (bicyclic) bond motifs is 1. The Bertz CT molecular complexity index is 951. The van der Waals surface area contributed by atoms with Crippen molar-refractivity contribution in [3.8, 4) is 22.9 Å². The summed E-state index contributed by atoms with van der Waals surface area (Å²) in [5, 5.41) is 20.3. The van der Waals surface area contributed by atoms with Gasteiger partial charge in [0, 0.05) is 5.56 Å². The van der Waals surface area contributed by atoms with Crippen molar-refractivity contribution >= 4 is 27.2 Å². The standard InChI is InChI=1S/C17H15N3OS/c1-8-4-5-13(21)9(2)14(8)15-16(19)11(7-18)6-12-17(15)22-10(3)20-12/h4-6,21H,19H2,1-3H3. The minimum absolute atomic E-state index is 0.219. The molecular weight excluding hydrogens is 294 g/mol. The number of phenolic OH excluding ortho intramolecular Hbond substituents is 1. The molecule has 1 heterocycles. The monoisotopic (exact) mass is 309 g/mol. The Morgan fingerprint density at radius 2 is 1.95 bits per heavy atom. The molecular formula is C17H15N3OS. The van der Waals surface area contributed by atoms with Gasteiger partial charge < -0.3 is 10.8 Å². The SMILES string of the molecule is Cc1nc2cc(C#N)c(N)c(-c3c(C)ccc(O)c3C)c2s1. The number of rotatable bonds is 1. The minimum atomic E-state index is 0.219. The molecule has 0 bridgehead atoms. The van der Waals surface area contributed by atoms with E-state index in [0.29, 0.717) is 11.3 Å². The van der Waals surface area contributed by atoms with Gasteiger partial charge >= 0.3 is 0 Å². The molecule has 0 radical (unpaired) electrons. The summed E-state index contributed by atoms with van der Waals surface area (Å²) >= 11 is 1.55. The number of benzene rings is 2. The van der Waals surface area contributed by atoms with Crippen molar-refractivity contribution in [2.75, 3.05) is 5.73 Å². The molecule has 110 valence electrons. The van der Waals surface area contributed by atoms with Crippen molar-refractivity contribution in [2.24, 2.45) is 0 Å². The lowest BCUT2D eigenvalue weighted by molar-refractivity contribution is 0.471. The molecule has 3 N–H and O–H groups in total. The lowest BCUT2D eigenvalue weighted by atomic mass is 9.92. The number of thiazole rings is 1. The van der Waals surface area contributed by atoms with E-state index in [-0.39, 0.29) is 5.75 Å². The third-order valence-electron chi connectivity index (χ3n) is 3.84. The molecule has 0 amide bonds. The summed E-state index contributed by atoms with van der Waals surface area (Å²) in [5.41, 5.74) is 11.3. The van der Waals surface area contributed by atoms with Crippen LogP contribution >= 0.6 is 11.3 Å².